The van der Waals surface area contributed by atoms with Crippen LogP contribution in [-0.4, -0.2) is 49.5 Å². The Morgan fingerprint density at radius 1 is 0.950 bits per heavy atom. The van der Waals surface area contributed by atoms with Crippen LogP contribution in [0.4, 0.5) is 10.1 Å². The van der Waals surface area contributed by atoms with E-state index in [1.54, 1.807) is 25.1 Å². The molecular weight excluding hydrogens is 553 g/mol. The second kappa shape index (κ2) is 12.8. The fourth-order valence-electron chi connectivity index (χ4n) is 4.25. The van der Waals surface area contributed by atoms with Gasteiger partial charge in [-0.3, -0.25) is 13.9 Å². The molecule has 3 aromatic rings. The first-order valence-electron chi connectivity index (χ1n) is 12.8. The fourth-order valence-corrected chi connectivity index (χ4v) is 5.32. The molecule has 10 heteroatoms. The standard InChI is InChI=1S/C30H35ClFN3O4S/c1-21-25(31)12-9-13-26(21)35(40(5,38)39)20-28(36)34(19-23-14-16-24(32)17-15-23)27(29(37)33-30(2,3)4)18-22-10-7-6-8-11-22/h6-17,27H,18-20H2,1-5H3,(H,33,37)/t27-/m0/s1. The molecule has 0 aliphatic rings. The van der Waals surface area contributed by atoms with Gasteiger partial charge in [-0.25, -0.2) is 12.8 Å². The minimum Gasteiger partial charge on any atom is -0.350 e. The number of amides is 2. The predicted molar refractivity (Wildman–Crippen MR) is 157 cm³/mol. The van der Waals surface area contributed by atoms with Crippen LogP contribution in [0, 0.1) is 12.7 Å². The molecule has 214 valence electrons. The smallest absolute Gasteiger partial charge is 0.244 e. The summed E-state index contributed by atoms with van der Waals surface area (Å²) in [6.07, 6.45) is 1.20. The molecule has 0 spiro atoms. The van der Waals surface area contributed by atoms with Crippen molar-refractivity contribution in [1.29, 1.82) is 0 Å². The fraction of sp³-hybridized carbons (Fsp3) is 0.333. The molecule has 0 saturated carbocycles. The maximum atomic E-state index is 14.1. The Bertz CT molecular complexity index is 1440. The number of carbonyl (C=O) groups excluding carboxylic acids is 2. The Balaban J connectivity index is 2.09. The minimum absolute atomic E-state index is 0.0414. The van der Waals surface area contributed by atoms with Gasteiger partial charge >= 0.3 is 0 Å². The van der Waals surface area contributed by atoms with Crippen molar-refractivity contribution in [2.45, 2.75) is 52.2 Å². The van der Waals surface area contributed by atoms with E-state index in [4.69, 9.17) is 11.6 Å². The monoisotopic (exact) mass is 587 g/mol. The Morgan fingerprint density at radius 3 is 2.15 bits per heavy atom. The Labute approximate surface area is 241 Å². The second-order valence-electron chi connectivity index (χ2n) is 10.7. The number of nitrogens with zero attached hydrogens (tertiary/aromatic N) is 2. The molecule has 1 N–H and O–H groups in total. The molecule has 0 unspecified atom stereocenters. The van der Waals surface area contributed by atoms with Gasteiger partial charge in [-0.05, 0) is 68.7 Å². The van der Waals surface area contributed by atoms with E-state index in [1.165, 1.54) is 29.2 Å². The molecule has 3 rings (SSSR count). The van der Waals surface area contributed by atoms with Crippen LogP contribution < -0.4 is 9.62 Å². The van der Waals surface area contributed by atoms with Gasteiger partial charge in [0.2, 0.25) is 21.8 Å². The third-order valence-electron chi connectivity index (χ3n) is 6.22. The zero-order valence-electron chi connectivity index (χ0n) is 23.3. The molecule has 40 heavy (non-hydrogen) atoms. The first-order chi connectivity index (χ1) is 18.7. The van der Waals surface area contributed by atoms with Crippen molar-refractivity contribution < 1.29 is 22.4 Å². The number of hydrogen-bond donors (Lipinski definition) is 1. The molecule has 0 bridgehead atoms. The van der Waals surface area contributed by atoms with Crippen molar-refractivity contribution >= 4 is 39.1 Å². The van der Waals surface area contributed by atoms with Crippen molar-refractivity contribution in [3.63, 3.8) is 0 Å². The number of benzene rings is 3. The van der Waals surface area contributed by atoms with Gasteiger partial charge in [-0.2, -0.15) is 0 Å². The van der Waals surface area contributed by atoms with Gasteiger partial charge < -0.3 is 10.2 Å². The second-order valence-corrected chi connectivity index (χ2v) is 13.1. The van der Waals surface area contributed by atoms with E-state index in [0.29, 0.717) is 16.1 Å². The molecule has 0 heterocycles. The van der Waals surface area contributed by atoms with E-state index < -0.39 is 45.8 Å². The van der Waals surface area contributed by atoms with Crippen LogP contribution in [-0.2, 0) is 32.6 Å². The van der Waals surface area contributed by atoms with Crippen molar-refractivity contribution in [2.24, 2.45) is 0 Å². The van der Waals surface area contributed by atoms with E-state index >= 15 is 0 Å². The van der Waals surface area contributed by atoms with Crippen LogP contribution in [0.25, 0.3) is 0 Å². The van der Waals surface area contributed by atoms with Crippen molar-refractivity contribution in [3.8, 4) is 0 Å². The number of anilines is 1. The predicted octanol–water partition coefficient (Wildman–Crippen LogP) is 5.11. The van der Waals surface area contributed by atoms with Gasteiger partial charge in [0.25, 0.3) is 0 Å². The highest BCUT2D eigenvalue weighted by Crippen LogP contribution is 2.28. The first-order valence-corrected chi connectivity index (χ1v) is 15.0. The molecule has 2 amide bonds. The zero-order chi connectivity index (χ0) is 29.7. The highest BCUT2D eigenvalue weighted by molar-refractivity contribution is 7.92. The van der Waals surface area contributed by atoms with E-state index in [9.17, 15) is 22.4 Å². The molecule has 7 nitrogen and oxygen atoms in total. The highest BCUT2D eigenvalue weighted by atomic mass is 35.5. The van der Waals surface area contributed by atoms with E-state index in [1.807, 2.05) is 51.1 Å². The SMILES string of the molecule is Cc1c(Cl)cccc1N(CC(=O)N(Cc1ccc(F)cc1)[C@@H](Cc1ccccc1)C(=O)NC(C)(C)C)S(C)(=O)=O. The minimum atomic E-state index is -3.92. The lowest BCUT2D eigenvalue weighted by atomic mass is 10.0. The van der Waals surface area contributed by atoms with E-state index in [0.717, 1.165) is 16.1 Å². The summed E-state index contributed by atoms with van der Waals surface area (Å²) in [5.41, 5.74) is 1.58. The molecule has 0 aliphatic carbocycles. The number of sulfonamides is 1. The van der Waals surface area contributed by atoms with E-state index in [2.05, 4.69) is 5.32 Å². The van der Waals surface area contributed by atoms with Crippen molar-refractivity contribution in [2.75, 3.05) is 17.1 Å². The summed E-state index contributed by atoms with van der Waals surface area (Å²) >= 11 is 6.27. The summed E-state index contributed by atoms with van der Waals surface area (Å²) in [5.74, 6) is -1.43. The number of carbonyl (C=O) groups is 2. The van der Waals surface area contributed by atoms with Crippen LogP contribution in [0.2, 0.25) is 5.02 Å². The topological polar surface area (TPSA) is 86.8 Å². The quantitative estimate of drug-likeness (QED) is 0.357. The van der Waals surface area contributed by atoms with Gasteiger partial charge in [-0.15, -0.1) is 0 Å². The maximum absolute atomic E-state index is 14.1. The molecule has 0 aliphatic heterocycles. The summed E-state index contributed by atoms with van der Waals surface area (Å²) in [5, 5.41) is 3.31. The molecule has 0 radical (unpaired) electrons. The van der Waals surface area contributed by atoms with Crippen LogP contribution in [0.15, 0.2) is 72.8 Å². The Hall–Kier alpha value is -3.43. The van der Waals surface area contributed by atoms with E-state index in [-0.39, 0.29) is 18.7 Å². The van der Waals surface area contributed by atoms with Crippen LogP contribution >= 0.6 is 11.6 Å². The summed E-state index contributed by atoms with van der Waals surface area (Å²) in [6.45, 7) is 6.58. The lowest BCUT2D eigenvalue weighted by Gasteiger charge is -2.35. The number of halogens is 2. The number of hydrogen-bond acceptors (Lipinski definition) is 4. The number of nitrogens with one attached hydrogen (secondary N) is 1. The maximum Gasteiger partial charge on any atom is 0.244 e. The lowest BCUT2D eigenvalue weighted by Crippen LogP contribution is -2.56. The lowest BCUT2D eigenvalue weighted by molar-refractivity contribution is -0.140. The Kier molecular flexibility index (Phi) is 9.97. The molecule has 0 saturated heterocycles. The van der Waals surface area contributed by atoms with Gasteiger partial charge in [0.15, 0.2) is 0 Å². The largest absolute Gasteiger partial charge is 0.350 e. The van der Waals surface area contributed by atoms with Gasteiger partial charge in [0, 0.05) is 23.5 Å². The third-order valence-corrected chi connectivity index (χ3v) is 7.76. The van der Waals surface area contributed by atoms with Crippen LogP contribution in [0.5, 0.6) is 0 Å². The average molecular weight is 588 g/mol. The van der Waals surface area contributed by atoms with Crippen molar-refractivity contribution in [3.05, 3.63) is 100 Å². The molecule has 0 aromatic heterocycles. The molecule has 3 aromatic carbocycles. The zero-order valence-corrected chi connectivity index (χ0v) is 24.9. The highest BCUT2D eigenvalue weighted by Gasteiger charge is 2.34. The van der Waals surface area contributed by atoms with Crippen LogP contribution in [0.1, 0.15) is 37.5 Å². The normalized spacial score (nSPS) is 12.5. The van der Waals surface area contributed by atoms with Crippen LogP contribution in [0.3, 0.4) is 0 Å². The average Bonchev–Trinajstić information content (AvgIpc) is 2.86. The first kappa shape index (κ1) is 31.1. The summed E-state index contributed by atoms with van der Waals surface area (Å²) in [4.78, 5) is 29.1. The molecule has 1 atom stereocenters. The summed E-state index contributed by atoms with van der Waals surface area (Å²) in [6, 6.07) is 18.7. The molecular formula is C30H35ClFN3O4S. The summed E-state index contributed by atoms with van der Waals surface area (Å²) < 4.78 is 40.5. The third kappa shape index (κ3) is 8.53. The van der Waals surface area contributed by atoms with Gasteiger partial charge in [-0.1, -0.05) is 60.1 Å². The number of rotatable bonds is 10. The summed E-state index contributed by atoms with van der Waals surface area (Å²) in [7, 11) is -3.92. The van der Waals surface area contributed by atoms with Crippen molar-refractivity contribution in [1.82, 2.24) is 10.2 Å². The Morgan fingerprint density at radius 2 is 1.57 bits per heavy atom. The molecule has 0 fully saturated rings. The van der Waals surface area contributed by atoms with Gasteiger partial charge in [0.05, 0.1) is 11.9 Å². The van der Waals surface area contributed by atoms with Gasteiger partial charge in [0.1, 0.15) is 18.4 Å².